The van der Waals surface area contributed by atoms with Gasteiger partial charge in [0.15, 0.2) is 0 Å². The summed E-state index contributed by atoms with van der Waals surface area (Å²) >= 11 is 0. The van der Waals surface area contributed by atoms with E-state index >= 15 is 0 Å². The van der Waals surface area contributed by atoms with Gasteiger partial charge in [-0.3, -0.25) is 14.5 Å². The van der Waals surface area contributed by atoms with Crippen LogP contribution in [0.5, 0.6) is 0 Å². The molecule has 2 N–H and O–H groups in total. The average molecular weight is 337 g/mol. The maximum atomic E-state index is 11.3. The van der Waals surface area contributed by atoms with Crippen LogP contribution in [0.3, 0.4) is 0 Å². The Morgan fingerprint density at radius 2 is 1.74 bits per heavy atom. The van der Waals surface area contributed by atoms with Crippen molar-refractivity contribution in [2.45, 2.75) is 67.5 Å². The molecule has 6 nitrogen and oxygen atoms in total. The minimum atomic E-state index is -0.145. The lowest BCUT2D eigenvalue weighted by molar-refractivity contribution is -0.147. The molecule has 0 radical (unpaired) electrons. The van der Waals surface area contributed by atoms with Gasteiger partial charge in [0.2, 0.25) is 0 Å². The second-order valence-electron chi connectivity index (χ2n) is 5.27. The molecule has 1 saturated heterocycles. The number of hydrogen-bond acceptors (Lipinski definition) is 6. The van der Waals surface area contributed by atoms with Crippen LogP contribution in [0.15, 0.2) is 0 Å². The van der Waals surface area contributed by atoms with Crippen molar-refractivity contribution in [2.24, 2.45) is 11.7 Å². The fraction of sp³-hybridized carbons (Fsp3) is 0.882. The van der Waals surface area contributed by atoms with Gasteiger partial charge in [-0.15, -0.1) is 0 Å². The number of carbonyl (C=O) groups excluding carboxylic acids is 2. The van der Waals surface area contributed by atoms with Gasteiger partial charge < -0.3 is 15.2 Å². The zero-order chi connectivity index (χ0) is 18.1. The maximum absolute atomic E-state index is 11.3. The van der Waals surface area contributed by atoms with Crippen molar-refractivity contribution in [1.29, 1.82) is 0 Å². The minimum Gasteiger partial charge on any atom is -0.471 e. The monoisotopic (exact) mass is 336 g/mol. The molecule has 1 aliphatic heterocycles. The Hall–Kier alpha value is -1.14. The van der Waals surface area contributed by atoms with Gasteiger partial charge >= 0.3 is 5.97 Å². The third kappa shape index (κ3) is 20.9. The summed E-state index contributed by atoms with van der Waals surface area (Å²) in [5, 5.41) is 0. The Morgan fingerprint density at radius 3 is 1.96 bits per heavy atom. The number of likely N-dealkylation sites (N-methyl/N-ethyl adjacent to an activating group) is 1. The minimum absolute atomic E-state index is 0. The van der Waals surface area contributed by atoms with Crippen molar-refractivity contribution in [3.05, 3.63) is 0 Å². The molecule has 0 spiro atoms. The van der Waals surface area contributed by atoms with E-state index in [0.717, 1.165) is 18.9 Å². The van der Waals surface area contributed by atoms with Crippen molar-refractivity contribution in [2.75, 3.05) is 27.3 Å². The third-order valence-corrected chi connectivity index (χ3v) is 2.24. The number of carbonyl (C=O) groups is 2. The highest BCUT2D eigenvalue weighted by Gasteiger charge is 2.33. The van der Waals surface area contributed by atoms with Crippen molar-refractivity contribution >= 4 is 12.4 Å². The van der Waals surface area contributed by atoms with Gasteiger partial charge in [-0.2, -0.15) is 0 Å². The fourth-order valence-corrected chi connectivity index (χ4v) is 1.55. The van der Waals surface area contributed by atoms with Crippen LogP contribution in [0.25, 0.3) is 0 Å². The molecular weight excluding hydrogens is 296 g/mol. The summed E-state index contributed by atoms with van der Waals surface area (Å²) < 4.78 is 8.77. The van der Waals surface area contributed by atoms with E-state index in [4.69, 9.17) is 15.3 Å². The Morgan fingerprint density at radius 1 is 1.35 bits per heavy atom. The van der Waals surface area contributed by atoms with E-state index in [-0.39, 0.29) is 25.5 Å². The fourth-order valence-electron chi connectivity index (χ4n) is 1.55. The lowest BCUT2D eigenvalue weighted by Crippen LogP contribution is -2.34. The average Bonchev–Trinajstić information content (AvgIpc) is 2.80. The number of likely N-dealkylation sites (tertiary alicyclic amines) is 1. The van der Waals surface area contributed by atoms with Crippen LogP contribution in [0.1, 0.15) is 55.4 Å². The third-order valence-electron chi connectivity index (χ3n) is 2.24. The number of rotatable bonds is 3. The summed E-state index contributed by atoms with van der Waals surface area (Å²) in [5.74, 6) is 0.688. The maximum Gasteiger partial charge on any atom is 0.323 e. The Bertz CT molecular complexity index is 258. The van der Waals surface area contributed by atoms with Crippen molar-refractivity contribution in [3.8, 4) is 0 Å². The number of ether oxygens (including phenoxy) is 2. The molecule has 0 aromatic rings. The van der Waals surface area contributed by atoms with Gasteiger partial charge in [0.25, 0.3) is 6.47 Å². The first-order chi connectivity index (χ1) is 10.3. The van der Waals surface area contributed by atoms with Crippen LogP contribution in [0, 0.1) is 5.92 Å². The normalized spacial score (nSPS) is 18.7. The van der Waals surface area contributed by atoms with E-state index in [1.807, 2.05) is 32.7 Å². The van der Waals surface area contributed by atoms with Crippen LogP contribution >= 0.6 is 0 Å². The molecule has 1 fully saturated rings. The van der Waals surface area contributed by atoms with Gasteiger partial charge in [0.1, 0.15) is 6.04 Å². The van der Waals surface area contributed by atoms with Gasteiger partial charge in [-0.1, -0.05) is 42.0 Å². The van der Waals surface area contributed by atoms with Crippen LogP contribution in [0.4, 0.5) is 0 Å². The SMILES string of the molecule is C.CC.CC(C)C.CCOC(=O)C1CC(N)CN1C.COC=O. The molecule has 0 aliphatic carbocycles. The highest BCUT2D eigenvalue weighted by Crippen LogP contribution is 2.15. The molecular formula is C17H40N2O4. The molecule has 1 heterocycles. The summed E-state index contributed by atoms with van der Waals surface area (Å²) in [6, 6.07) is -0.00986. The van der Waals surface area contributed by atoms with Crippen molar-refractivity contribution in [1.82, 2.24) is 4.90 Å². The Labute approximate surface area is 143 Å². The standard InChI is InChI=1S/C8H16N2O2.C4H10.C2H4O2.C2H6.CH4/c1-3-12-8(11)7-4-6(9)5-10(7)2;1-4(2)3;1-4-2-3;1-2;/h6-7H,3-5,9H2,1-2H3;4H,1-3H3;2H,1H3;1-2H3;1H4. The first-order valence-electron chi connectivity index (χ1n) is 7.88. The number of nitrogens with zero attached hydrogens (tertiary/aromatic N) is 1. The topological polar surface area (TPSA) is 81.9 Å². The number of nitrogens with two attached hydrogens (primary N) is 1. The second kappa shape index (κ2) is 20.9. The first-order valence-corrected chi connectivity index (χ1v) is 7.88. The summed E-state index contributed by atoms with van der Waals surface area (Å²) in [6.45, 7) is 13.9. The van der Waals surface area contributed by atoms with E-state index in [2.05, 4.69) is 25.5 Å². The van der Waals surface area contributed by atoms with E-state index in [0.29, 0.717) is 13.1 Å². The zero-order valence-corrected chi connectivity index (χ0v) is 15.6. The summed E-state index contributed by atoms with van der Waals surface area (Å²) in [5.41, 5.74) is 5.70. The number of methoxy groups -OCH3 is 1. The van der Waals surface area contributed by atoms with Gasteiger partial charge in [0.05, 0.1) is 13.7 Å². The first kappa shape index (κ1) is 29.8. The molecule has 23 heavy (non-hydrogen) atoms. The largest absolute Gasteiger partial charge is 0.471 e. The number of esters is 1. The van der Waals surface area contributed by atoms with Crippen molar-refractivity contribution < 1.29 is 19.1 Å². The smallest absolute Gasteiger partial charge is 0.323 e. The van der Waals surface area contributed by atoms with Gasteiger partial charge in [0, 0.05) is 12.6 Å². The zero-order valence-electron chi connectivity index (χ0n) is 15.6. The van der Waals surface area contributed by atoms with Gasteiger partial charge in [-0.25, -0.2) is 0 Å². The van der Waals surface area contributed by atoms with Crippen LogP contribution in [-0.2, 0) is 19.1 Å². The second-order valence-corrected chi connectivity index (χ2v) is 5.27. The van der Waals surface area contributed by atoms with Crippen LogP contribution in [-0.4, -0.2) is 56.7 Å². The Balaban J connectivity index is -0.000000138. The van der Waals surface area contributed by atoms with E-state index in [9.17, 15) is 4.79 Å². The molecule has 0 aromatic heterocycles. The quantitative estimate of drug-likeness (QED) is 0.630. The molecule has 1 aliphatic rings. The summed E-state index contributed by atoms with van der Waals surface area (Å²) in [6.07, 6.45) is 0.718. The lowest BCUT2D eigenvalue weighted by Gasteiger charge is -2.16. The van der Waals surface area contributed by atoms with Crippen molar-refractivity contribution in [3.63, 3.8) is 0 Å². The molecule has 2 atom stereocenters. The molecule has 142 valence electrons. The predicted octanol–water partition coefficient (Wildman–Crippen LogP) is 2.69. The molecule has 0 aromatic carbocycles. The lowest BCUT2D eigenvalue weighted by atomic mass is 10.2. The molecule has 6 heteroatoms. The predicted molar refractivity (Wildman–Crippen MR) is 97.3 cm³/mol. The van der Waals surface area contributed by atoms with E-state index in [1.165, 1.54) is 7.11 Å². The highest BCUT2D eigenvalue weighted by atomic mass is 16.5. The molecule has 0 saturated carbocycles. The van der Waals surface area contributed by atoms with E-state index < -0.39 is 0 Å². The molecule has 1 rings (SSSR count). The van der Waals surface area contributed by atoms with Crippen LogP contribution in [0.2, 0.25) is 0 Å². The molecule has 0 bridgehead atoms. The van der Waals surface area contributed by atoms with E-state index in [1.54, 1.807) is 0 Å². The van der Waals surface area contributed by atoms with Crippen LogP contribution < -0.4 is 5.73 Å². The molecule has 0 amide bonds. The summed E-state index contributed by atoms with van der Waals surface area (Å²) in [7, 11) is 3.21. The molecule has 2 unspecified atom stereocenters. The summed E-state index contributed by atoms with van der Waals surface area (Å²) in [4.78, 5) is 22.2. The Kier molecular flexibility index (Phi) is 27.0. The van der Waals surface area contributed by atoms with Gasteiger partial charge in [-0.05, 0) is 26.3 Å². The highest BCUT2D eigenvalue weighted by molar-refractivity contribution is 5.76. The number of hydrogen-bond donors (Lipinski definition) is 1.